The van der Waals surface area contributed by atoms with E-state index in [1.807, 2.05) is 14.0 Å². The number of rotatable bonds is 4. The van der Waals surface area contributed by atoms with Crippen LogP contribution < -0.4 is 5.32 Å². The number of hydrogen-bond donors (Lipinski definition) is 1. The third-order valence-corrected chi connectivity index (χ3v) is 3.93. The maximum Gasteiger partial charge on any atom is 0.159 e. The Hall–Kier alpha value is -1.33. The topological polar surface area (TPSA) is 24.9 Å². The minimum absolute atomic E-state index is 0.623. The number of nitrogens with one attached hydrogen (secondary N) is 1. The van der Waals surface area contributed by atoms with Crippen molar-refractivity contribution in [2.45, 2.75) is 13.3 Å². The van der Waals surface area contributed by atoms with Gasteiger partial charge in [-0.25, -0.2) is 13.8 Å². The summed E-state index contributed by atoms with van der Waals surface area (Å²) in [6, 6.07) is 3.88. The minimum Gasteiger partial charge on any atom is -0.319 e. The fourth-order valence-corrected chi connectivity index (χ4v) is 2.71. The number of nitrogens with zero attached hydrogens (tertiary/aromatic N) is 1. The average Bonchev–Trinajstić information content (AvgIpc) is 2.72. The zero-order chi connectivity index (χ0) is 13.1. The molecule has 1 aromatic heterocycles. The van der Waals surface area contributed by atoms with Crippen molar-refractivity contribution in [3.63, 3.8) is 0 Å². The Morgan fingerprint density at radius 3 is 2.72 bits per heavy atom. The van der Waals surface area contributed by atoms with E-state index in [1.54, 1.807) is 6.07 Å². The van der Waals surface area contributed by atoms with Gasteiger partial charge in [0.05, 0.1) is 5.69 Å². The molecule has 0 atom stereocenters. The van der Waals surface area contributed by atoms with Crippen LogP contribution in [-0.2, 0) is 6.42 Å². The van der Waals surface area contributed by atoms with Crippen LogP contribution in [0.3, 0.4) is 0 Å². The molecule has 5 heteroatoms. The largest absolute Gasteiger partial charge is 0.319 e. The molecule has 0 saturated carbocycles. The predicted molar refractivity (Wildman–Crippen MR) is 69.8 cm³/mol. The fraction of sp³-hybridized carbons (Fsp3) is 0.308. The quantitative estimate of drug-likeness (QED) is 0.921. The van der Waals surface area contributed by atoms with Crippen molar-refractivity contribution in [1.29, 1.82) is 0 Å². The lowest BCUT2D eigenvalue weighted by molar-refractivity contribution is 0.509. The molecule has 1 heterocycles. The first-order valence-corrected chi connectivity index (χ1v) is 6.50. The number of likely N-dealkylation sites (N-methyl/N-ethyl adjacent to an activating group) is 1. The zero-order valence-corrected chi connectivity index (χ0v) is 11.1. The monoisotopic (exact) mass is 268 g/mol. The average molecular weight is 268 g/mol. The smallest absolute Gasteiger partial charge is 0.159 e. The second-order valence-electron chi connectivity index (χ2n) is 4.01. The molecule has 0 amide bonds. The molecule has 0 aliphatic heterocycles. The Morgan fingerprint density at radius 1 is 1.28 bits per heavy atom. The Bertz CT molecular complexity index is 552. The third kappa shape index (κ3) is 2.73. The van der Waals surface area contributed by atoms with E-state index >= 15 is 0 Å². The molecule has 0 aliphatic rings. The van der Waals surface area contributed by atoms with Crippen LogP contribution in [0.25, 0.3) is 10.6 Å². The van der Waals surface area contributed by atoms with Crippen molar-refractivity contribution in [2.24, 2.45) is 0 Å². The third-order valence-electron chi connectivity index (χ3n) is 2.66. The van der Waals surface area contributed by atoms with E-state index in [0.717, 1.165) is 29.7 Å². The highest BCUT2D eigenvalue weighted by molar-refractivity contribution is 7.15. The molecule has 0 bridgehead atoms. The normalized spacial score (nSPS) is 10.9. The van der Waals surface area contributed by atoms with Crippen molar-refractivity contribution in [3.05, 3.63) is 40.4 Å². The van der Waals surface area contributed by atoms with E-state index in [9.17, 15) is 8.78 Å². The first kappa shape index (κ1) is 13.1. The van der Waals surface area contributed by atoms with Gasteiger partial charge < -0.3 is 5.32 Å². The number of thiazole rings is 1. The molecular formula is C13H14F2N2S. The van der Waals surface area contributed by atoms with Crippen molar-refractivity contribution in [2.75, 3.05) is 13.6 Å². The molecular weight excluding hydrogens is 254 g/mol. The summed E-state index contributed by atoms with van der Waals surface area (Å²) >= 11 is 1.53. The molecule has 96 valence electrons. The van der Waals surface area contributed by atoms with Gasteiger partial charge in [0.25, 0.3) is 0 Å². The highest BCUT2D eigenvalue weighted by Gasteiger charge is 2.11. The summed E-state index contributed by atoms with van der Waals surface area (Å²) < 4.78 is 26.0. The summed E-state index contributed by atoms with van der Waals surface area (Å²) in [6.45, 7) is 2.81. The molecule has 2 nitrogen and oxygen atoms in total. The summed E-state index contributed by atoms with van der Waals surface area (Å²) in [5.41, 5.74) is 1.58. The summed E-state index contributed by atoms with van der Waals surface area (Å²) in [5, 5.41) is 3.81. The van der Waals surface area contributed by atoms with Gasteiger partial charge in [-0.3, -0.25) is 0 Å². The summed E-state index contributed by atoms with van der Waals surface area (Å²) in [5.74, 6) is -1.67. The molecule has 2 aromatic rings. The Kier molecular flexibility index (Phi) is 4.04. The molecule has 0 fully saturated rings. The van der Waals surface area contributed by atoms with Gasteiger partial charge in [-0.2, -0.15) is 0 Å². The van der Waals surface area contributed by atoms with E-state index in [0.29, 0.717) is 5.56 Å². The van der Waals surface area contributed by atoms with E-state index in [4.69, 9.17) is 0 Å². The van der Waals surface area contributed by atoms with Gasteiger partial charge in [0.1, 0.15) is 5.01 Å². The van der Waals surface area contributed by atoms with Crippen molar-refractivity contribution in [3.8, 4) is 10.6 Å². The molecule has 1 aromatic carbocycles. The number of aryl methyl sites for hydroxylation is 1. The highest BCUT2D eigenvalue weighted by Crippen LogP contribution is 2.29. The second-order valence-corrected chi connectivity index (χ2v) is 5.09. The van der Waals surface area contributed by atoms with Gasteiger partial charge in [-0.1, -0.05) is 0 Å². The molecule has 18 heavy (non-hydrogen) atoms. The van der Waals surface area contributed by atoms with Crippen LogP contribution >= 0.6 is 11.3 Å². The van der Waals surface area contributed by atoms with Crippen LogP contribution in [-0.4, -0.2) is 18.6 Å². The highest BCUT2D eigenvalue weighted by atomic mass is 32.1. The van der Waals surface area contributed by atoms with E-state index in [1.165, 1.54) is 22.3 Å². The SMILES string of the molecule is CNCCc1sc(-c2ccc(F)c(F)c2)nc1C. The zero-order valence-electron chi connectivity index (χ0n) is 10.3. The maximum atomic E-state index is 13.2. The van der Waals surface area contributed by atoms with Crippen molar-refractivity contribution < 1.29 is 8.78 Å². The van der Waals surface area contributed by atoms with Crippen LogP contribution in [0, 0.1) is 18.6 Å². The molecule has 0 unspecified atom stereocenters. The van der Waals surface area contributed by atoms with Gasteiger partial charge in [-0.05, 0) is 45.1 Å². The standard InChI is InChI=1S/C13H14F2N2S/c1-8-12(5-6-16-2)18-13(17-8)9-3-4-10(14)11(15)7-9/h3-4,7,16H,5-6H2,1-2H3. The van der Waals surface area contributed by atoms with E-state index < -0.39 is 11.6 Å². The lowest BCUT2D eigenvalue weighted by Gasteiger charge is -1.97. The molecule has 0 saturated heterocycles. The maximum absolute atomic E-state index is 13.2. The Balaban J connectivity index is 2.30. The summed E-state index contributed by atoms with van der Waals surface area (Å²) in [6.07, 6.45) is 0.893. The van der Waals surface area contributed by atoms with Gasteiger partial charge in [-0.15, -0.1) is 11.3 Å². The van der Waals surface area contributed by atoms with Crippen LogP contribution in [0.4, 0.5) is 8.78 Å². The van der Waals surface area contributed by atoms with Crippen molar-refractivity contribution in [1.82, 2.24) is 10.3 Å². The van der Waals surface area contributed by atoms with Crippen LogP contribution in [0.5, 0.6) is 0 Å². The van der Waals surface area contributed by atoms with E-state index in [2.05, 4.69) is 10.3 Å². The Morgan fingerprint density at radius 2 is 2.06 bits per heavy atom. The predicted octanol–water partition coefficient (Wildman–Crippen LogP) is 3.16. The number of hydrogen-bond acceptors (Lipinski definition) is 3. The van der Waals surface area contributed by atoms with Crippen LogP contribution in [0.2, 0.25) is 0 Å². The van der Waals surface area contributed by atoms with Crippen molar-refractivity contribution >= 4 is 11.3 Å². The fourth-order valence-electron chi connectivity index (χ4n) is 1.65. The summed E-state index contributed by atoms with van der Waals surface area (Å²) in [7, 11) is 1.90. The first-order valence-electron chi connectivity index (χ1n) is 5.68. The molecule has 0 aliphatic carbocycles. The van der Waals surface area contributed by atoms with Crippen LogP contribution in [0.1, 0.15) is 10.6 Å². The van der Waals surface area contributed by atoms with Crippen LogP contribution in [0.15, 0.2) is 18.2 Å². The Labute approximate surface area is 109 Å². The number of halogens is 2. The van der Waals surface area contributed by atoms with Gasteiger partial charge in [0.15, 0.2) is 11.6 Å². The molecule has 2 rings (SSSR count). The number of benzene rings is 1. The molecule has 1 N–H and O–H groups in total. The van der Waals surface area contributed by atoms with Gasteiger partial charge >= 0.3 is 0 Å². The first-order chi connectivity index (χ1) is 8.61. The molecule has 0 radical (unpaired) electrons. The number of aromatic nitrogens is 1. The molecule has 0 spiro atoms. The van der Waals surface area contributed by atoms with Gasteiger partial charge in [0, 0.05) is 10.4 Å². The van der Waals surface area contributed by atoms with Gasteiger partial charge in [0.2, 0.25) is 0 Å². The minimum atomic E-state index is -0.836. The summed E-state index contributed by atoms with van der Waals surface area (Å²) in [4.78, 5) is 5.58. The second kappa shape index (κ2) is 5.54. The van der Waals surface area contributed by atoms with E-state index in [-0.39, 0.29) is 0 Å². The lowest BCUT2D eigenvalue weighted by Crippen LogP contribution is -2.09. The lowest BCUT2D eigenvalue weighted by atomic mass is 10.2.